The predicted molar refractivity (Wildman–Crippen MR) is 72.3 cm³/mol. The van der Waals surface area contributed by atoms with Crippen LogP contribution < -0.4 is 5.32 Å². The summed E-state index contributed by atoms with van der Waals surface area (Å²) >= 11 is 1.74. The van der Waals surface area contributed by atoms with Gasteiger partial charge in [0.1, 0.15) is 5.82 Å². The molecular formula is C13H15N3S. The number of para-hydroxylation sites is 1. The Labute approximate surface area is 106 Å². The quantitative estimate of drug-likeness (QED) is 0.840. The van der Waals surface area contributed by atoms with Crippen LogP contribution in [0, 0.1) is 6.92 Å². The third-order valence-corrected chi connectivity index (χ3v) is 3.20. The van der Waals surface area contributed by atoms with Crippen molar-refractivity contribution in [2.45, 2.75) is 18.4 Å². The lowest BCUT2D eigenvalue weighted by Gasteiger charge is -2.09. The van der Waals surface area contributed by atoms with Gasteiger partial charge in [0.05, 0.1) is 12.2 Å². The summed E-state index contributed by atoms with van der Waals surface area (Å²) in [6.07, 6.45) is 3.87. The van der Waals surface area contributed by atoms with Gasteiger partial charge in [-0.3, -0.25) is 0 Å². The van der Waals surface area contributed by atoms with Gasteiger partial charge in [-0.15, -0.1) is 11.8 Å². The summed E-state index contributed by atoms with van der Waals surface area (Å²) in [6, 6.07) is 10.2. The minimum absolute atomic E-state index is 0.723. The number of nitrogens with zero attached hydrogens (tertiary/aromatic N) is 2. The van der Waals surface area contributed by atoms with Crippen molar-refractivity contribution in [3.63, 3.8) is 0 Å². The third-order valence-electron chi connectivity index (χ3n) is 2.40. The van der Waals surface area contributed by atoms with Crippen LogP contribution in [0.3, 0.4) is 0 Å². The first-order chi connectivity index (χ1) is 8.29. The molecule has 4 heteroatoms. The van der Waals surface area contributed by atoms with E-state index in [-0.39, 0.29) is 0 Å². The van der Waals surface area contributed by atoms with Crippen LogP contribution >= 0.6 is 11.8 Å². The van der Waals surface area contributed by atoms with Crippen LogP contribution in [-0.4, -0.2) is 16.2 Å². The first-order valence-corrected chi connectivity index (χ1v) is 6.67. The number of hydrogen-bond acceptors (Lipinski definition) is 4. The van der Waals surface area contributed by atoms with Crippen molar-refractivity contribution in [2.75, 3.05) is 11.6 Å². The highest BCUT2D eigenvalue weighted by Crippen LogP contribution is 2.24. The maximum Gasteiger partial charge on any atom is 0.125 e. The molecule has 0 aliphatic heterocycles. The Hall–Kier alpha value is -1.55. The van der Waals surface area contributed by atoms with Gasteiger partial charge < -0.3 is 5.32 Å². The molecule has 0 bridgehead atoms. The smallest absolute Gasteiger partial charge is 0.125 e. The molecule has 88 valence electrons. The molecule has 0 fully saturated rings. The molecule has 0 saturated carbocycles. The standard InChI is InChI=1S/C13H15N3S/c1-10-14-8-7-11(16-10)9-15-12-5-3-4-6-13(12)17-2/h3-8,15H,9H2,1-2H3. The Morgan fingerprint density at radius 3 is 2.82 bits per heavy atom. The van der Waals surface area contributed by atoms with Crippen LogP contribution in [-0.2, 0) is 6.54 Å². The van der Waals surface area contributed by atoms with Gasteiger partial charge >= 0.3 is 0 Å². The lowest BCUT2D eigenvalue weighted by Crippen LogP contribution is -2.03. The fourth-order valence-corrected chi connectivity index (χ4v) is 2.15. The Balaban J connectivity index is 2.07. The maximum absolute atomic E-state index is 4.36. The molecule has 0 aliphatic carbocycles. The van der Waals surface area contributed by atoms with Gasteiger partial charge in [-0.05, 0) is 31.4 Å². The van der Waals surface area contributed by atoms with Crippen LogP contribution in [0.1, 0.15) is 11.5 Å². The monoisotopic (exact) mass is 245 g/mol. The Morgan fingerprint density at radius 2 is 2.06 bits per heavy atom. The molecule has 0 radical (unpaired) electrons. The van der Waals surface area contributed by atoms with E-state index in [2.05, 4.69) is 33.7 Å². The van der Waals surface area contributed by atoms with Crippen LogP contribution in [0.25, 0.3) is 0 Å². The lowest BCUT2D eigenvalue weighted by atomic mass is 10.3. The fourth-order valence-electron chi connectivity index (χ4n) is 1.58. The summed E-state index contributed by atoms with van der Waals surface area (Å²) in [4.78, 5) is 9.70. The van der Waals surface area contributed by atoms with E-state index in [0.717, 1.165) is 23.8 Å². The van der Waals surface area contributed by atoms with Crippen LogP contribution in [0.15, 0.2) is 41.4 Å². The van der Waals surface area contributed by atoms with Crippen molar-refractivity contribution in [2.24, 2.45) is 0 Å². The zero-order valence-corrected chi connectivity index (χ0v) is 10.8. The molecule has 0 amide bonds. The van der Waals surface area contributed by atoms with Gasteiger partial charge in [-0.2, -0.15) is 0 Å². The summed E-state index contributed by atoms with van der Waals surface area (Å²) in [5.41, 5.74) is 2.16. The van der Waals surface area contributed by atoms with Crippen LogP contribution in [0.4, 0.5) is 5.69 Å². The van der Waals surface area contributed by atoms with E-state index >= 15 is 0 Å². The second-order valence-electron chi connectivity index (χ2n) is 3.65. The summed E-state index contributed by atoms with van der Waals surface area (Å²) < 4.78 is 0. The summed E-state index contributed by atoms with van der Waals surface area (Å²) in [6.45, 7) is 2.63. The Bertz CT molecular complexity index is 500. The van der Waals surface area contributed by atoms with E-state index in [0.29, 0.717) is 0 Å². The third kappa shape index (κ3) is 3.20. The molecule has 1 aromatic heterocycles. The molecule has 0 aliphatic rings. The number of aryl methyl sites for hydroxylation is 1. The van der Waals surface area contributed by atoms with Gasteiger partial charge in [0.25, 0.3) is 0 Å². The minimum Gasteiger partial charge on any atom is -0.378 e. The molecule has 0 saturated heterocycles. The molecule has 0 spiro atoms. The normalized spacial score (nSPS) is 10.2. The lowest BCUT2D eigenvalue weighted by molar-refractivity contribution is 0.953. The number of benzene rings is 1. The van der Waals surface area contributed by atoms with E-state index in [9.17, 15) is 0 Å². The number of nitrogens with one attached hydrogen (secondary N) is 1. The zero-order valence-electron chi connectivity index (χ0n) is 9.97. The molecule has 2 rings (SSSR count). The first kappa shape index (κ1) is 11.9. The van der Waals surface area contributed by atoms with Gasteiger partial charge in [0.15, 0.2) is 0 Å². The van der Waals surface area contributed by atoms with Gasteiger partial charge in [0, 0.05) is 16.8 Å². The number of aromatic nitrogens is 2. The topological polar surface area (TPSA) is 37.8 Å². The van der Waals surface area contributed by atoms with E-state index in [4.69, 9.17) is 0 Å². The Kier molecular flexibility index (Phi) is 3.98. The molecule has 0 unspecified atom stereocenters. The molecule has 1 heterocycles. The minimum atomic E-state index is 0.723. The molecule has 1 N–H and O–H groups in total. The van der Waals surface area contributed by atoms with Gasteiger partial charge in [-0.1, -0.05) is 12.1 Å². The SMILES string of the molecule is CSc1ccccc1NCc1ccnc(C)n1. The molecule has 0 atom stereocenters. The molecular weight excluding hydrogens is 230 g/mol. The highest BCUT2D eigenvalue weighted by molar-refractivity contribution is 7.98. The predicted octanol–water partition coefficient (Wildman–Crippen LogP) is 3.12. The van der Waals surface area contributed by atoms with Crippen molar-refractivity contribution < 1.29 is 0 Å². The molecule has 3 nitrogen and oxygen atoms in total. The Morgan fingerprint density at radius 1 is 1.24 bits per heavy atom. The van der Waals surface area contributed by atoms with E-state index in [1.54, 1.807) is 18.0 Å². The second kappa shape index (κ2) is 5.68. The van der Waals surface area contributed by atoms with E-state index in [1.165, 1.54) is 4.90 Å². The van der Waals surface area contributed by atoms with Crippen molar-refractivity contribution in [1.82, 2.24) is 9.97 Å². The van der Waals surface area contributed by atoms with E-state index in [1.807, 2.05) is 25.1 Å². The van der Waals surface area contributed by atoms with Gasteiger partial charge in [0.2, 0.25) is 0 Å². The van der Waals surface area contributed by atoms with Crippen LogP contribution in [0.5, 0.6) is 0 Å². The molecule has 17 heavy (non-hydrogen) atoms. The molecule has 2 aromatic rings. The van der Waals surface area contributed by atoms with E-state index < -0.39 is 0 Å². The van der Waals surface area contributed by atoms with Crippen LogP contribution in [0.2, 0.25) is 0 Å². The summed E-state index contributed by atoms with van der Waals surface area (Å²) in [5, 5.41) is 3.40. The van der Waals surface area contributed by atoms with Crippen molar-refractivity contribution in [1.29, 1.82) is 0 Å². The number of hydrogen-bond donors (Lipinski definition) is 1. The van der Waals surface area contributed by atoms with Gasteiger partial charge in [-0.25, -0.2) is 9.97 Å². The number of rotatable bonds is 4. The average Bonchev–Trinajstić information content (AvgIpc) is 2.37. The average molecular weight is 245 g/mol. The molecule has 1 aromatic carbocycles. The largest absolute Gasteiger partial charge is 0.378 e. The highest BCUT2D eigenvalue weighted by atomic mass is 32.2. The van der Waals surface area contributed by atoms with Crippen molar-refractivity contribution in [3.05, 3.63) is 48.0 Å². The maximum atomic E-state index is 4.36. The number of anilines is 1. The summed E-state index contributed by atoms with van der Waals surface area (Å²) in [5.74, 6) is 0.808. The van der Waals surface area contributed by atoms with Crippen molar-refractivity contribution in [3.8, 4) is 0 Å². The second-order valence-corrected chi connectivity index (χ2v) is 4.50. The number of thioether (sulfide) groups is 1. The van der Waals surface area contributed by atoms with Crippen molar-refractivity contribution >= 4 is 17.4 Å². The highest BCUT2D eigenvalue weighted by Gasteiger charge is 2.00. The zero-order chi connectivity index (χ0) is 12.1. The summed E-state index contributed by atoms with van der Waals surface area (Å²) in [7, 11) is 0. The fraction of sp³-hybridized carbons (Fsp3) is 0.231. The first-order valence-electron chi connectivity index (χ1n) is 5.45.